The minimum Gasteiger partial charge on any atom is -0.391 e. The van der Waals surface area contributed by atoms with E-state index in [-0.39, 0.29) is 24.4 Å². The van der Waals surface area contributed by atoms with Gasteiger partial charge >= 0.3 is 0 Å². The van der Waals surface area contributed by atoms with E-state index in [9.17, 15) is 14.7 Å². The zero-order valence-corrected chi connectivity index (χ0v) is 13.0. The fourth-order valence-electron chi connectivity index (χ4n) is 3.62. The van der Waals surface area contributed by atoms with Crippen molar-refractivity contribution in [3.63, 3.8) is 0 Å². The van der Waals surface area contributed by atoms with Gasteiger partial charge < -0.3 is 14.9 Å². The van der Waals surface area contributed by atoms with Crippen molar-refractivity contribution in [2.24, 2.45) is 0 Å². The third-order valence-electron chi connectivity index (χ3n) is 4.89. The fourth-order valence-corrected chi connectivity index (χ4v) is 3.62. The number of aliphatic hydroxyl groups excluding tert-OH is 1. The first-order chi connectivity index (χ1) is 10.5. The Labute approximate surface area is 130 Å². The van der Waals surface area contributed by atoms with Gasteiger partial charge in [-0.3, -0.25) is 9.59 Å². The van der Waals surface area contributed by atoms with Crippen LogP contribution < -0.4 is 0 Å². The van der Waals surface area contributed by atoms with Gasteiger partial charge in [0.2, 0.25) is 11.8 Å². The highest BCUT2D eigenvalue weighted by Crippen LogP contribution is 2.27. The molecule has 22 heavy (non-hydrogen) atoms. The predicted molar refractivity (Wildman–Crippen MR) is 82.2 cm³/mol. The van der Waals surface area contributed by atoms with Crippen LogP contribution in [0.2, 0.25) is 0 Å². The van der Waals surface area contributed by atoms with Crippen LogP contribution in [0.15, 0.2) is 24.3 Å². The maximum Gasteiger partial charge on any atom is 0.245 e. The van der Waals surface area contributed by atoms with E-state index in [1.54, 1.807) is 4.90 Å². The number of carbonyl (C=O) groups is 2. The van der Waals surface area contributed by atoms with Gasteiger partial charge in [-0.15, -0.1) is 0 Å². The van der Waals surface area contributed by atoms with Crippen molar-refractivity contribution in [2.45, 2.75) is 44.4 Å². The van der Waals surface area contributed by atoms with E-state index >= 15 is 0 Å². The molecule has 0 unspecified atom stereocenters. The highest BCUT2D eigenvalue weighted by molar-refractivity contribution is 5.87. The van der Waals surface area contributed by atoms with E-state index in [4.69, 9.17) is 0 Å². The summed E-state index contributed by atoms with van der Waals surface area (Å²) < 4.78 is 0. The highest BCUT2D eigenvalue weighted by Gasteiger charge is 2.40. The van der Waals surface area contributed by atoms with E-state index < -0.39 is 12.1 Å². The van der Waals surface area contributed by atoms with E-state index in [1.165, 1.54) is 23.0 Å². The lowest BCUT2D eigenvalue weighted by Crippen LogP contribution is -2.49. The smallest absolute Gasteiger partial charge is 0.245 e. The number of aliphatic hydroxyl groups is 1. The Hall–Kier alpha value is -1.88. The zero-order chi connectivity index (χ0) is 15.9. The lowest BCUT2D eigenvalue weighted by Gasteiger charge is -2.30. The average molecular weight is 302 g/mol. The first kappa shape index (κ1) is 15.0. The Balaban J connectivity index is 1.72. The van der Waals surface area contributed by atoms with Crippen LogP contribution >= 0.6 is 0 Å². The van der Waals surface area contributed by atoms with Crippen molar-refractivity contribution in [1.29, 1.82) is 0 Å². The van der Waals surface area contributed by atoms with Gasteiger partial charge in [-0.05, 0) is 24.0 Å². The second-order valence-electron chi connectivity index (χ2n) is 6.36. The molecule has 118 valence electrons. The summed E-state index contributed by atoms with van der Waals surface area (Å²) in [4.78, 5) is 27.7. The molecular weight excluding hydrogens is 280 g/mol. The summed E-state index contributed by atoms with van der Waals surface area (Å²) >= 11 is 0. The van der Waals surface area contributed by atoms with Crippen molar-refractivity contribution in [2.75, 3.05) is 13.6 Å². The summed E-state index contributed by atoms with van der Waals surface area (Å²) in [5.74, 6) is -0.220. The molecule has 5 nitrogen and oxygen atoms in total. The fraction of sp³-hybridized carbons (Fsp3) is 0.529. The molecule has 1 N–H and O–H groups in total. The average Bonchev–Trinajstić information content (AvgIpc) is 3.08. The van der Waals surface area contributed by atoms with Crippen LogP contribution in [-0.2, 0) is 22.4 Å². The highest BCUT2D eigenvalue weighted by atomic mass is 16.3. The largest absolute Gasteiger partial charge is 0.391 e. The first-order valence-electron chi connectivity index (χ1n) is 7.76. The standard InChI is InChI=1S/C17H22N2O3/c1-11(20)19-10-15(21)9-16(19)17(22)18(2)14-7-12-5-3-4-6-13(12)8-14/h3-6,14-16,21H,7-10H2,1-2H3/t15-,16-/m1/s1. The van der Waals surface area contributed by atoms with Crippen LogP contribution in [0.4, 0.5) is 0 Å². The van der Waals surface area contributed by atoms with Gasteiger partial charge in [0.25, 0.3) is 0 Å². The molecular formula is C17H22N2O3. The number of fused-ring (bicyclic) bond motifs is 1. The molecule has 2 atom stereocenters. The van der Waals surface area contributed by atoms with Gasteiger partial charge in [-0.1, -0.05) is 24.3 Å². The number of amides is 2. The third-order valence-corrected chi connectivity index (χ3v) is 4.89. The topological polar surface area (TPSA) is 60.9 Å². The summed E-state index contributed by atoms with van der Waals surface area (Å²) in [6, 6.07) is 7.86. The van der Waals surface area contributed by atoms with E-state index in [1.807, 2.05) is 19.2 Å². The molecule has 1 aromatic rings. The normalized spacial score (nSPS) is 24.4. The van der Waals surface area contributed by atoms with Gasteiger partial charge in [-0.25, -0.2) is 0 Å². The van der Waals surface area contributed by atoms with Crippen molar-refractivity contribution in [3.05, 3.63) is 35.4 Å². The van der Waals surface area contributed by atoms with Crippen LogP contribution in [0.1, 0.15) is 24.5 Å². The van der Waals surface area contributed by atoms with Crippen LogP contribution in [-0.4, -0.2) is 58.5 Å². The Morgan fingerprint density at radius 1 is 1.23 bits per heavy atom. The van der Waals surface area contributed by atoms with E-state index in [0.29, 0.717) is 6.42 Å². The number of likely N-dealkylation sites (N-methyl/N-ethyl adjacent to an activating group) is 1. The van der Waals surface area contributed by atoms with Gasteiger partial charge in [0.05, 0.1) is 6.10 Å². The maximum atomic E-state index is 12.8. The quantitative estimate of drug-likeness (QED) is 0.870. The molecule has 1 saturated heterocycles. The van der Waals surface area contributed by atoms with Gasteiger partial charge in [0.15, 0.2) is 0 Å². The number of carbonyl (C=O) groups excluding carboxylic acids is 2. The molecule has 2 aliphatic rings. The number of benzene rings is 1. The maximum absolute atomic E-state index is 12.8. The van der Waals surface area contributed by atoms with Crippen molar-refractivity contribution in [1.82, 2.24) is 9.80 Å². The monoisotopic (exact) mass is 302 g/mol. The number of nitrogens with zero attached hydrogens (tertiary/aromatic N) is 2. The number of rotatable bonds is 2. The van der Waals surface area contributed by atoms with Crippen LogP contribution in [0, 0.1) is 0 Å². The molecule has 0 aromatic heterocycles. The zero-order valence-electron chi connectivity index (χ0n) is 13.0. The van der Waals surface area contributed by atoms with E-state index in [2.05, 4.69) is 12.1 Å². The molecule has 0 spiro atoms. The molecule has 1 heterocycles. The lowest BCUT2D eigenvalue weighted by molar-refractivity contribution is -0.143. The van der Waals surface area contributed by atoms with Crippen molar-refractivity contribution >= 4 is 11.8 Å². The number of β-amino-alcohol motifs (C(OH)–C–C–N with tert-alkyl or cyclic N) is 1. The second kappa shape index (κ2) is 5.72. The van der Waals surface area contributed by atoms with E-state index in [0.717, 1.165) is 12.8 Å². The molecule has 1 aliphatic carbocycles. The van der Waals surface area contributed by atoms with Gasteiger partial charge in [0.1, 0.15) is 6.04 Å². The molecule has 0 bridgehead atoms. The van der Waals surface area contributed by atoms with Gasteiger partial charge in [-0.2, -0.15) is 0 Å². The molecule has 1 fully saturated rings. The summed E-state index contributed by atoms with van der Waals surface area (Å²) in [7, 11) is 1.81. The van der Waals surface area contributed by atoms with Crippen LogP contribution in [0.3, 0.4) is 0 Å². The molecule has 0 saturated carbocycles. The summed E-state index contributed by atoms with van der Waals surface area (Å²) in [6.45, 7) is 1.70. The predicted octanol–water partition coefficient (Wildman–Crippen LogP) is 0.594. The number of hydrogen-bond donors (Lipinski definition) is 1. The molecule has 3 rings (SSSR count). The SMILES string of the molecule is CC(=O)N1C[C@H](O)C[C@@H]1C(=O)N(C)C1Cc2ccccc2C1. The Morgan fingerprint density at radius 3 is 2.36 bits per heavy atom. The molecule has 1 aliphatic heterocycles. The van der Waals surface area contributed by atoms with Gasteiger partial charge in [0, 0.05) is 33.0 Å². The van der Waals surface area contributed by atoms with Crippen molar-refractivity contribution < 1.29 is 14.7 Å². The Kier molecular flexibility index (Phi) is 3.91. The minimum atomic E-state index is -0.605. The summed E-state index contributed by atoms with van der Waals surface area (Å²) in [6.07, 6.45) is 1.44. The summed E-state index contributed by atoms with van der Waals surface area (Å²) in [5, 5.41) is 9.79. The third kappa shape index (κ3) is 2.61. The second-order valence-corrected chi connectivity index (χ2v) is 6.36. The summed E-state index contributed by atoms with van der Waals surface area (Å²) in [5.41, 5.74) is 2.59. The number of hydrogen-bond acceptors (Lipinski definition) is 3. The molecule has 0 radical (unpaired) electrons. The number of likely N-dealkylation sites (tertiary alicyclic amines) is 1. The first-order valence-corrected chi connectivity index (χ1v) is 7.76. The van der Waals surface area contributed by atoms with Crippen LogP contribution in [0.5, 0.6) is 0 Å². The molecule has 2 amide bonds. The minimum absolute atomic E-state index is 0.0652. The Bertz CT molecular complexity index is 576. The van der Waals surface area contributed by atoms with Crippen molar-refractivity contribution in [3.8, 4) is 0 Å². The molecule has 1 aromatic carbocycles. The molecule has 5 heteroatoms. The Morgan fingerprint density at radius 2 is 1.82 bits per heavy atom. The lowest BCUT2D eigenvalue weighted by atomic mass is 10.1. The van der Waals surface area contributed by atoms with Crippen LogP contribution in [0.25, 0.3) is 0 Å².